The predicted octanol–water partition coefficient (Wildman–Crippen LogP) is 2.30. The molecule has 2 aromatic rings. The molecule has 17 heavy (non-hydrogen) atoms. The van der Waals surface area contributed by atoms with Gasteiger partial charge in [0, 0.05) is 17.3 Å². The summed E-state index contributed by atoms with van der Waals surface area (Å²) in [7, 11) is 0. The highest BCUT2D eigenvalue weighted by Crippen LogP contribution is 2.31. The van der Waals surface area contributed by atoms with Crippen LogP contribution in [0.4, 0.5) is 0 Å². The number of carboxylic acids is 1. The highest BCUT2D eigenvalue weighted by molar-refractivity contribution is 6.06. The largest absolute Gasteiger partial charge is 0.478 e. The number of ketones is 1. The van der Waals surface area contributed by atoms with E-state index in [1.165, 1.54) is 0 Å². The maximum Gasteiger partial charge on any atom is 0.336 e. The van der Waals surface area contributed by atoms with Gasteiger partial charge in [0.2, 0.25) is 0 Å². The van der Waals surface area contributed by atoms with Gasteiger partial charge in [-0.25, -0.2) is 4.79 Å². The number of aromatic nitrogens is 1. The van der Waals surface area contributed by atoms with E-state index in [0.717, 1.165) is 28.5 Å². The number of hydrogen-bond acceptors (Lipinski definition) is 2. The first kappa shape index (κ1) is 10.1. The van der Waals surface area contributed by atoms with Crippen molar-refractivity contribution in [3.05, 3.63) is 34.5 Å². The third-order valence-corrected chi connectivity index (χ3v) is 3.36. The standard InChI is InChI=1S/C13H11NO3/c1-6-4-9-7-2-3-11(15)12(7)14-10(9)5-8(6)13(16)17/h4-5,14H,2-3H2,1H3,(H,16,17). The normalized spacial score (nSPS) is 14.3. The van der Waals surface area contributed by atoms with E-state index in [2.05, 4.69) is 4.98 Å². The average Bonchev–Trinajstić information content (AvgIpc) is 2.78. The van der Waals surface area contributed by atoms with Gasteiger partial charge in [0.05, 0.1) is 11.3 Å². The number of H-pyrrole nitrogens is 1. The van der Waals surface area contributed by atoms with Gasteiger partial charge in [-0.2, -0.15) is 0 Å². The maximum atomic E-state index is 11.6. The summed E-state index contributed by atoms with van der Waals surface area (Å²) in [5, 5.41) is 10.0. The van der Waals surface area contributed by atoms with Gasteiger partial charge in [0.1, 0.15) is 0 Å². The van der Waals surface area contributed by atoms with Crippen LogP contribution < -0.4 is 0 Å². The number of rotatable bonds is 1. The van der Waals surface area contributed by atoms with Crippen molar-refractivity contribution in [3.8, 4) is 0 Å². The first-order valence-corrected chi connectivity index (χ1v) is 5.49. The molecule has 86 valence electrons. The summed E-state index contributed by atoms with van der Waals surface area (Å²) in [5.74, 6) is -0.823. The highest BCUT2D eigenvalue weighted by atomic mass is 16.4. The molecule has 0 bridgehead atoms. The molecule has 0 amide bonds. The summed E-state index contributed by atoms with van der Waals surface area (Å²) in [6.45, 7) is 1.78. The van der Waals surface area contributed by atoms with E-state index in [0.29, 0.717) is 12.1 Å². The van der Waals surface area contributed by atoms with E-state index < -0.39 is 5.97 Å². The second-order valence-electron chi connectivity index (χ2n) is 4.42. The molecule has 0 atom stereocenters. The lowest BCUT2D eigenvalue weighted by atomic mass is 10.0. The Bertz CT molecular complexity index is 667. The number of Topliss-reactive ketones (excluding diaryl/α,β-unsaturated/α-hetero) is 1. The predicted molar refractivity (Wildman–Crippen MR) is 62.6 cm³/mol. The number of aromatic amines is 1. The molecule has 0 aliphatic heterocycles. The van der Waals surface area contributed by atoms with Gasteiger partial charge < -0.3 is 10.1 Å². The van der Waals surface area contributed by atoms with E-state index >= 15 is 0 Å². The second kappa shape index (κ2) is 3.20. The van der Waals surface area contributed by atoms with E-state index in [-0.39, 0.29) is 11.3 Å². The van der Waals surface area contributed by atoms with Crippen LogP contribution in [0.1, 0.15) is 38.4 Å². The SMILES string of the molecule is Cc1cc2c3c([nH]c2cc1C(=O)O)C(=O)CC3. The number of aromatic carboxylic acids is 1. The number of hydrogen-bond donors (Lipinski definition) is 2. The Labute approximate surface area is 97.3 Å². The number of benzene rings is 1. The lowest BCUT2D eigenvalue weighted by Crippen LogP contribution is -1.99. The number of fused-ring (bicyclic) bond motifs is 3. The minimum Gasteiger partial charge on any atom is -0.478 e. The van der Waals surface area contributed by atoms with Crippen molar-refractivity contribution in [2.75, 3.05) is 0 Å². The van der Waals surface area contributed by atoms with Crippen LogP contribution in [0, 0.1) is 6.92 Å². The molecule has 1 aromatic carbocycles. The molecule has 1 heterocycles. The van der Waals surface area contributed by atoms with Crippen LogP contribution in [0.15, 0.2) is 12.1 Å². The highest BCUT2D eigenvalue weighted by Gasteiger charge is 2.25. The minimum absolute atomic E-state index is 0.116. The van der Waals surface area contributed by atoms with E-state index in [1.807, 2.05) is 6.07 Å². The zero-order valence-electron chi connectivity index (χ0n) is 9.33. The van der Waals surface area contributed by atoms with Gasteiger partial charge in [-0.3, -0.25) is 4.79 Å². The Kier molecular flexibility index (Phi) is 1.90. The van der Waals surface area contributed by atoms with Crippen LogP contribution in [-0.2, 0) is 6.42 Å². The van der Waals surface area contributed by atoms with E-state index in [1.54, 1.807) is 13.0 Å². The number of carbonyl (C=O) groups excluding carboxylic acids is 1. The van der Waals surface area contributed by atoms with E-state index in [9.17, 15) is 9.59 Å². The molecule has 1 aliphatic rings. The fourth-order valence-corrected chi connectivity index (χ4v) is 2.50. The van der Waals surface area contributed by atoms with Gasteiger partial charge in [-0.15, -0.1) is 0 Å². The van der Waals surface area contributed by atoms with Crippen LogP contribution in [0.25, 0.3) is 10.9 Å². The number of aryl methyl sites for hydroxylation is 2. The van der Waals surface area contributed by atoms with Gasteiger partial charge in [-0.05, 0) is 36.6 Å². The zero-order chi connectivity index (χ0) is 12.2. The lowest BCUT2D eigenvalue weighted by molar-refractivity contribution is 0.0696. The smallest absolute Gasteiger partial charge is 0.336 e. The molecular formula is C13H11NO3. The number of nitrogens with one attached hydrogen (secondary N) is 1. The Morgan fingerprint density at radius 2 is 2.12 bits per heavy atom. The third-order valence-electron chi connectivity index (χ3n) is 3.36. The summed E-state index contributed by atoms with van der Waals surface area (Å²) >= 11 is 0. The topological polar surface area (TPSA) is 70.2 Å². The monoisotopic (exact) mass is 229 g/mol. The van der Waals surface area contributed by atoms with Crippen molar-refractivity contribution in [1.82, 2.24) is 4.98 Å². The molecular weight excluding hydrogens is 218 g/mol. The lowest BCUT2D eigenvalue weighted by Gasteiger charge is -2.01. The first-order chi connectivity index (χ1) is 8.08. The summed E-state index contributed by atoms with van der Waals surface area (Å²) in [4.78, 5) is 25.7. The molecule has 1 aromatic heterocycles. The Morgan fingerprint density at radius 3 is 2.82 bits per heavy atom. The molecule has 3 rings (SSSR count). The summed E-state index contributed by atoms with van der Waals surface area (Å²) in [5.41, 5.74) is 3.44. The van der Waals surface area contributed by atoms with Gasteiger partial charge in [-0.1, -0.05) is 0 Å². The van der Waals surface area contributed by atoms with Crippen LogP contribution >= 0.6 is 0 Å². The minimum atomic E-state index is -0.939. The van der Waals surface area contributed by atoms with Crippen molar-refractivity contribution in [2.45, 2.75) is 19.8 Å². The molecule has 2 N–H and O–H groups in total. The molecule has 0 unspecified atom stereocenters. The second-order valence-corrected chi connectivity index (χ2v) is 4.42. The molecule has 0 radical (unpaired) electrons. The number of carbonyl (C=O) groups is 2. The van der Waals surface area contributed by atoms with Crippen LogP contribution in [-0.4, -0.2) is 21.8 Å². The van der Waals surface area contributed by atoms with Gasteiger partial charge in [0.25, 0.3) is 0 Å². The van der Waals surface area contributed by atoms with Crippen LogP contribution in [0.3, 0.4) is 0 Å². The average molecular weight is 229 g/mol. The summed E-state index contributed by atoms with van der Waals surface area (Å²) < 4.78 is 0. The molecule has 4 nitrogen and oxygen atoms in total. The van der Waals surface area contributed by atoms with E-state index in [4.69, 9.17) is 5.11 Å². The quantitative estimate of drug-likeness (QED) is 0.788. The molecule has 0 saturated carbocycles. The maximum absolute atomic E-state index is 11.6. The van der Waals surface area contributed by atoms with Gasteiger partial charge in [0.15, 0.2) is 5.78 Å². The van der Waals surface area contributed by atoms with Gasteiger partial charge >= 0.3 is 5.97 Å². The Morgan fingerprint density at radius 1 is 1.35 bits per heavy atom. The first-order valence-electron chi connectivity index (χ1n) is 5.49. The third kappa shape index (κ3) is 1.30. The fraction of sp³-hybridized carbons (Fsp3) is 0.231. The summed E-state index contributed by atoms with van der Waals surface area (Å²) in [6.07, 6.45) is 1.30. The van der Waals surface area contributed by atoms with Crippen molar-refractivity contribution < 1.29 is 14.7 Å². The molecule has 4 heteroatoms. The summed E-state index contributed by atoms with van der Waals surface area (Å²) in [6, 6.07) is 3.46. The van der Waals surface area contributed by atoms with Crippen molar-refractivity contribution in [2.24, 2.45) is 0 Å². The van der Waals surface area contributed by atoms with Crippen LogP contribution in [0.5, 0.6) is 0 Å². The Balaban J connectivity index is 2.34. The van der Waals surface area contributed by atoms with Crippen LogP contribution in [0.2, 0.25) is 0 Å². The zero-order valence-corrected chi connectivity index (χ0v) is 9.33. The molecule has 0 saturated heterocycles. The molecule has 1 aliphatic carbocycles. The van der Waals surface area contributed by atoms with Crippen molar-refractivity contribution >= 4 is 22.7 Å². The molecule has 0 spiro atoms. The number of carboxylic acid groups (broad SMARTS) is 1. The van der Waals surface area contributed by atoms with Crippen molar-refractivity contribution in [1.29, 1.82) is 0 Å². The molecule has 0 fully saturated rings. The van der Waals surface area contributed by atoms with Crippen molar-refractivity contribution in [3.63, 3.8) is 0 Å². The fourth-order valence-electron chi connectivity index (χ4n) is 2.50. The Hall–Kier alpha value is -2.10.